The topological polar surface area (TPSA) is 99.2 Å². The summed E-state index contributed by atoms with van der Waals surface area (Å²) < 4.78 is 25.3. The van der Waals surface area contributed by atoms with E-state index in [1.54, 1.807) is 6.26 Å². The zero-order chi connectivity index (χ0) is 18.7. The molecule has 0 bridgehead atoms. The molecule has 1 unspecified atom stereocenters. The van der Waals surface area contributed by atoms with Crippen molar-refractivity contribution < 1.29 is 13.7 Å². The van der Waals surface area contributed by atoms with Crippen molar-refractivity contribution >= 4 is 22.8 Å². The van der Waals surface area contributed by atoms with Crippen LogP contribution >= 0.6 is 0 Å². The standard InChI is InChI=1S/C18H22N4O3S/c1-11(2)13-7-15(25-10-13)9-19-17-18(22-26(24)21-17)20-14-6-4-5-12(3)16(23)8-14/h4-7,10-11,23H,8-9H2,1-3H3,(H,19,21)(H,20,22). The summed E-state index contributed by atoms with van der Waals surface area (Å²) in [6.45, 7) is 6.45. The first-order valence-corrected chi connectivity index (χ1v) is 9.42. The molecule has 0 aromatic carbocycles. The Morgan fingerprint density at radius 2 is 2.12 bits per heavy atom. The zero-order valence-electron chi connectivity index (χ0n) is 14.9. The van der Waals surface area contributed by atoms with Crippen LogP contribution in [-0.4, -0.2) is 21.0 Å². The average Bonchev–Trinajstić information content (AvgIpc) is 3.15. The van der Waals surface area contributed by atoms with Crippen LogP contribution in [0, 0.1) is 0 Å². The summed E-state index contributed by atoms with van der Waals surface area (Å²) in [5, 5.41) is 16.2. The minimum Gasteiger partial charge on any atom is -0.512 e. The first-order chi connectivity index (χ1) is 12.4. The van der Waals surface area contributed by atoms with E-state index in [0.29, 0.717) is 30.6 Å². The molecule has 1 aromatic heterocycles. The summed E-state index contributed by atoms with van der Waals surface area (Å²) in [5.41, 5.74) is 2.67. The van der Waals surface area contributed by atoms with Crippen LogP contribution in [0.4, 0.5) is 0 Å². The zero-order valence-corrected chi connectivity index (χ0v) is 15.8. The van der Waals surface area contributed by atoms with Crippen molar-refractivity contribution in [1.82, 2.24) is 10.6 Å². The summed E-state index contributed by atoms with van der Waals surface area (Å²) in [4.78, 5) is 0. The molecule has 2 heterocycles. The normalized spacial score (nSPS) is 20.0. The number of furan rings is 1. The van der Waals surface area contributed by atoms with Gasteiger partial charge in [0.2, 0.25) is 0 Å². The third-order valence-electron chi connectivity index (χ3n) is 4.07. The maximum atomic E-state index is 11.7. The maximum absolute atomic E-state index is 11.7. The van der Waals surface area contributed by atoms with Gasteiger partial charge < -0.3 is 20.2 Å². The number of hydrogen-bond donors (Lipinski definition) is 3. The molecular weight excluding hydrogens is 352 g/mol. The third-order valence-corrected chi connectivity index (χ3v) is 4.75. The van der Waals surface area contributed by atoms with Gasteiger partial charge in [0.05, 0.1) is 12.8 Å². The Bertz CT molecular complexity index is 875. The molecule has 26 heavy (non-hydrogen) atoms. The Morgan fingerprint density at radius 3 is 2.85 bits per heavy atom. The Kier molecular flexibility index (Phi) is 5.41. The van der Waals surface area contributed by atoms with E-state index >= 15 is 0 Å². The molecular formula is C18H22N4O3S. The predicted octanol–water partition coefficient (Wildman–Crippen LogP) is 3.15. The van der Waals surface area contributed by atoms with E-state index in [4.69, 9.17) is 4.42 Å². The number of aliphatic hydroxyl groups is 1. The van der Waals surface area contributed by atoms with E-state index < -0.39 is 11.2 Å². The Hall–Kier alpha value is -2.61. The molecule has 7 nitrogen and oxygen atoms in total. The average molecular weight is 374 g/mol. The molecule has 138 valence electrons. The summed E-state index contributed by atoms with van der Waals surface area (Å²) in [6, 6.07) is 1.98. The van der Waals surface area contributed by atoms with Crippen molar-refractivity contribution in [3.05, 3.63) is 58.9 Å². The fourth-order valence-corrected chi connectivity index (χ4v) is 3.08. The monoisotopic (exact) mass is 374 g/mol. The Balaban J connectivity index is 1.65. The Labute approximate surface area is 155 Å². The lowest BCUT2D eigenvalue weighted by Crippen LogP contribution is -2.37. The number of amidine groups is 2. The number of nitrogens with one attached hydrogen (secondary N) is 2. The molecule has 3 rings (SSSR count). The molecule has 1 aliphatic heterocycles. The second kappa shape index (κ2) is 7.74. The number of rotatable bonds is 4. The summed E-state index contributed by atoms with van der Waals surface area (Å²) in [7, 11) is 0. The number of allylic oxidation sites excluding steroid dienone is 4. The van der Waals surface area contributed by atoms with E-state index in [0.717, 1.165) is 22.6 Å². The van der Waals surface area contributed by atoms with Gasteiger partial charge in [-0.05, 0) is 36.1 Å². The van der Waals surface area contributed by atoms with Crippen LogP contribution in [0.25, 0.3) is 0 Å². The highest BCUT2D eigenvalue weighted by atomic mass is 32.2. The first-order valence-electron chi connectivity index (χ1n) is 8.36. The van der Waals surface area contributed by atoms with Gasteiger partial charge in [-0.15, -0.1) is 8.80 Å². The first kappa shape index (κ1) is 18.2. The van der Waals surface area contributed by atoms with E-state index in [9.17, 15) is 9.32 Å². The molecule has 2 aliphatic rings. The molecule has 0 amide bonds. The van der Waals surface area contributed by atoms with Gasteiger partial charge in [-0.1, -0.05) is 26.0 Å². The fraction of sp³-hybridized carbons (Fsp3) is 0.333. The lowest BCUT2D eigenvalue weighted by atomic mass is 10.1. The van der Waals surface area contributed by atoms with Crippen molar-refractivity contribution in [2.45, 2.75) is 39.7 Å². The van der Waals surface area contributed by atoms with E-state index in [-0.39, 0.29) is 5.76 Å². The van der Waals surface area contributed by atoms with Gasteiger partial charge in [0, 0.05) is 12.1 Å². The Morgan fingerprint density at radius 1 is 1.35 bits per heavy atom. The van der Waals surface area contributed by atoms with Gasteiger partial charge in [-0.2, -0.15) is 0 Å². The number of aliphatic hydroxyl groups excluding tert-OH is 1. The summed E-state index contributed by atoms with van der Waals surface area (Å²) in [6.07, 6.45) is 7.59. The fourth-order valence-electron chi connectivity index (χ4n) is 2.45. The van der Waals surface area contributed by atoms with Gasteiger partial charge in [0.25, 0.3) is 11.2 Å². The molecule has 0 spiro atoms. The minimum absolute atomic E-state index is 0.278. The van der Waals surface area contributed by atoms with Crippen LogP contribution in [0.3, 0.4) is 0 Å². The molecule has 3 N–H and O–H groups in total. The molecule has 0 saturated carbocycles. The second-order valence-corrected chi connectivity index (χ2v) is 7.27. The number of nitrogens with zero attached hydrogens (tertiary/aromatic N) is 2. The van der Waals surface area contributed by atoms with E-state index in [1.807, 2.05) is 31.2 Å². The minimum atomic E-state index is -1.67. The summed E-state index contributed by atoms with van der Waals surface area (Å²) in [5.74, 6) is 2.22. The highest BCUT2D eigenvalue weighted by molar-refractivity contribution is 7.83. The van der Waals surface area contributed by atoms with Gasteiger partial charge in [-0.25, -0.2) is 4.21 Å². The van der Waals surface area contributed by atoms with Crippen LogP contribution in [0.5, 0.6) is 0 Å². The lowest BCUT2D eigenvalue weighted by Gasteiger charge is -2.12. The molecule has 0 radical (unpaired) electrons. The van der Waals surface area contributed by atoms with E-state index in [2.05, 4.69) is 33.3 Å². The van der Waals surface area contributed by atoms with Crippen LogP contribution in [0.15, 0.2) is 60.8 Å². The van der Waals surface area contributed by atoms with Gasteiger partial charge in [-0.3, -0.25) is 0 Å². The van der Waals surface area contributed by atoms with Crippen LogP contribution < -0.4 is 10.6 Å². The molecule has 1 aromatic rings. The maximum Gasteiger partial charge on any atom is 0.269 e. The molecule has 1 aliphatic carbocycles. The van der Waals surface area contributed by atoms with Crippen molar-refractivity contribution in [1.29, 1.82) is 0 Å². The smallest absolute Gasteiger partial charge is 0.269 e. The van der Waals surface area contributed by atoms with Crippen LogP contribution in [-0.2, 0) is 17.7 Å². The predicted molar refractivity (Wildman–Crippen MR) is 103 cm³/mol. The van der Waals surface area contributed by atoms with Gasteiger partial charge in [0.1, 0.15) is 11.5 Å². The molecule has 0 saturated heterocycles. The van der Waals surface area contributed by atoms with Gasteiger partial charge >= 0.3 is 0 Å². The van der Waals surface area contributed by atoms with Gasteiger partial charge in [0.15, 0.2) is 11.7 Å². The quantitative estimate of drug-likeness (QED) is 0.752. The van der Waals surface area contributed by atoms with Crippen molar-refractivity contribution in [2.24, 2.45) is 8.80 Å². The van der Waals surface area contributed by atoms with E-state index in [1.165, 1.54) is 0 Å². The number of hydrogen-bond acceptors (Lipinski definition) is 5. The van der Waals surface area contributed by atoms with Crippen LogP contribution in [0.2, 0.25) is 0 Å². The SMILES string of the molecule is CC1=C(O)CC(NC2=NS(=O)N=C2NCc2cc(C(C)C)co2)=CC=C1. The highest BCUT2D eigenvalue weighted by Gasteiger charge is 2.21. The molecule has 1 atom stereocenters. The molecule has 0 fully saturated rings. The van der Waals surface area contributed by atoms with Crippen LogP contribution in [0.1, 0.15) is 44.4 Å². The van der Waals surface area contributed by atoms with Crippen molar-refractivity contribution in [3.8, 4) is 0 Å². The lowest BCUT2D eigenvalue weighted by molar-refractivity contribution is 0.392. The summed E-state index contributed by atoms with van der Waals surface area (Å²) >= 11 is -1.67. The van der Waals surface area contributed by atoms with Crippen molar-refractivity contribution in [2.75, 3.05) is 0 Å². The highest BCUT2D eigenvalue weighted by Crippen LogP contribution is 2.18. The third kappa shape index (κ3) is 4.32. The second-order valence-electron chi connectivity index (χ2n) is 6.45. The largest absolute Gasteiger partial charge is 0.512 e. The molecule has 8 heteroatoms. The van der Waals surface area contributed by atoms with Crippen molar-refractivity contribution in [3.63, 3.8) is 0 Å².